The van der Waals surface area contributed by atoms with Gasteiger partial charge in [0.2, 0.25) is 0 Å². The maximum atomic E-state index is 12.3. The van der Waals surface area contributed by atoms with E-state index >= 15 is 0 Å². The number of carbonyl (C=O) groups is 1. The molecule has 0 spiro atoms. The quantitative estimate of drug-likeness (QED) is 0.722. The van der Waals surface area contributed by atoms with Crippen molar-refractivity contribution >= 4 is 5.78 Å². The molecule has 0 saturated heterocycles. The number of carbonyl (C=O) groups excluding carboxylic acids is 1. The van der Waals surface area contributed by atoms with E-state index in [2.05, 4.69) is 36.2 Å². The van der Waals surface area contributed by atoms with Gasteiger partial charge in [0.25, 0.3) is 0 Å². The van der Waals surface area contributed by atoms with Gasteiger partial charge < -0.3 is 4.90 Å². The van der Waals surface area contributed by atoms with Crippen molar-refractivity contribution in [2.45, 2.75) is 13.3 Å². The van der Waals surface area contributed by atoms with Gasteiger partial charge in [-0.25, -0.2) is 0 Å². The van der Waals surface area contributed by atoms with Crippen molar-refractivity contribution in [3.05, 3.63) is 71.8 Å². The third-order valence-corrected chi connectivity index (χ3v) is 3.72. The van der Waals surface area contributed by atoms with E-state index in [0.717, 1.165) is 25.1 Å². The van der Waals surface area contributed by atoms with Crippen LogP contribution in [0.1, 0.15) is 22.8 Å². The molecule has 0 aliphatic carbocycles. The molecule has 0 bridgehead atoms. The molecule has 2 aromatic carbocycles. The van der Waals surface area contributed by atoms with Crippen molar-refractivity contribution in [2.75, 3.05) is 20.1 Å². The zero-order valence-corrected chi connectivity index (χ0v) is 12.8. The number of ketones is 1. The van der Waals surface area contributed by atoms with E-state index in [-0.39, 0.29) is 11.7 Å². The zero-order valence-electron chi connectivity index (χ0n) is 12.8. The van der Waals surface area contributed by atoms with E-state index in [0.29, 0.717) is 0 Å². The van der Waals surface area contributed by atoms with Gasteiger partial charge in [0.15, 0.2) is 5.78 Å². The SMILES string of the molecule is C[C@@H](CN(C)CCc1ccccc1)C(=O)c1ccccc1. The number of rotatable bonds is 7. The fourth-order valence-corrected chi connectivity index (χ4v) is 2.49. The summed E-state index contributed by atoms with van der Waals surface area (Å²) in [6.07, 6.45) is 1.02. The van der Waals surface area contributed by atoms with Crippen LogP contribution in [-0.2, 0) is 6.42 Å². The Morgan fingerprint density at radius 2 is 1.57 bits per heavy atom. The molecule has 0 amide bonds. The van der Waals surface area contributed by atoms with Crippen LogP contribution in [0.15, 0.2) is 60.7 Å². The molecule has 0 aliphatic rings. The van der Waals surface area contributed by atoms with Crippen molar-refractivity contribution in [1.29, 1.82) is 0 Å². The molecule has 2 nitrogen and oxygen atoms in total. The van der Waals surface area contributed by atoms with E-state index in [4.69, 9.17) is 0 Å². The summed E-state index contributed by atoms with van der Waals surface area (Å²) in [5.74, 6) is 0.246. The Balaban J connectivity index is 1.82. The maximum absolute atomic E-state index is 12.3. The lowest BCUT2D eigenvalue weighted by Gasteiger charge is -2.20. The van der Waals surface area contributed by atoms with E-state index in [1.807, 2.05) is 43.3 Å². The average Bonchev–Trinajstić information content (AvgIpc) is 2.54. The summed E-state index contributed by atoms with van der Waals surface area (Å²) < 4.78 is 0. The molecule has 2 aromatic rings. The van der Waals surface area contributed by atoms with E-state index in [1.165, 1.54) is 5.56 Å². The normalized spacial score (nSPS) is 12.3. The number of benzene rings is 2. The number of hydrogen-bond donors (Lipinski definition) is 0. The Morgan fingerprint density at radius 3 is 2.19 bits per heavy atom. The molecule has 0 unspecified atom stereocenters. The summed E-state index contributed by atoms with van der Waals surface area (Å²) in [6, 6.07) is 20.0. The lowest BCUT2D eigenvalue weighted by atomic mass is 9.99. The molecule has 0 saturated carbocycles. The van der Waals surface area contributed by atoms with Crippen LogP contribution in [0.2, 0.25) is 0 Å². The molecule has 110 valence electrons. The lowest BCUT2D eigenvalue weighted by Crippen LogP contribution is -2.30. The van der Waals surface area contributed by atoms with Gasteiger partial charge in [0, 0.05) is 24.6 Å². The highest BCUT2D eigenvalue weighted by atomic mass is 16.1. The van der Waals surface area contributed by atoms with Crippen molar-refractivity contribution < 1.29 is 4.79 Å². The van der Waals surface area contributed by atoms with E-state index < -0.39 is 0 Å². The first-order valence-electron chi connectivity index (χ1n) is 7.48. The molecular formula is C19H23NO. The van der Waals surface area contributed by atoms with Gasteiger partial charge in [-0.05, 0) is 19.0 Å². The predicted molar refractivity (Wildman–Crippen MR) is 87.6 cm³/mol. The van der Waals surface area contributed by atoms with Crippen LogP contribution in [0.4, 0.5) is 0 Å². The molecule has 0 N–H and O–H groups in total. The summed E-state index contributed by atoms with van der Waals surface area (Å²) >= 11 is 0. The second kappa shape index (κ2) is 7.75. The Morgan fingerprint density at radius 1 is 1.00 bits per heavy atom. The Labute approximate surface area is 127 Å². The monoisotopic (exact) mass is 281 g/mol. The first kappa shape index (κ1) is 15.5. The molecular weight excluding hydrogens is 258 g/mol. The molecule has 2 heteroatoms. The van der Waals surface area contributed by atoms with Crippen LogP contribution >= 0.6 is 0 Å². The van der Waals surface area contributed by atoms with Crippen molar-refractivity contribution in [1.82, 2.24) is 4.90 Å². The van der Waals surface area contributed by atoms with Crippen molar-refractivity contribution in [2.24, 2.45) is 5.92 Å². The van der Waals surface area contributed by atoms with Crippen LogP contribution in [-0.4, -0.2) is 30.8 Å². The molecule has 0 radical (unpaired) electrons. The van der Waals surface area contributed by atoms with Gasteiger partial charge in [0.05, 0.1) is 0 Å². The number of likely N-dealkylation sites (N-methyl/N-ethyl adjacent to an activating group) is 1. The van der Waals surface area contributed by atoms with Crippen molar-refractivity contribution in [3.8, 4) is 0 Å². The minimum Gasteiger partial charge on any atom is -0.305 e. The van der Waals surface area contributed by atoms with Crippen LogP contribution < -0.4 is 0 Å². The summed E-state index contributed by atoms with van der Waals surface area (Å²) in [5, 5.41) is 0. The number of hydrogen-bond acceptors (Lipinski definition) is 2. The first-order valence-corrected chi connectivity index (χ1v) is 7.48. The van der Waals surface area contributed by atoms with E-state index in [1.54, 1.807) is 0 Å². The topological polar surface area (TPSA) is 20.3 Å². The summed E-state index contributed by atoms with van der Waals surface area (Å²) in [4.78, 5) is 14.6. The van der Waals surface area contributed by atoms with Crippen LogP contribution in [0, 0.1) is 5.92 Å². The lowest BCUT2D eigenvalue weighted by molar-refractivity contribution is 0.0903. The minimum atomic E-state index is 0.0215. The Bertz CT molecular complexity index is 550. The van der Waals surface area contributed by atoms with Crippen LogP contribution in [0.25, 0.3) is 0 Å². The molecule has 2 rings (SSSR count). The fraction of sp³-hybridized carbons (Fsp3) is 0.316. The summed E-state index contributed by atoms with van der Waals surface area (Å²) in [5.41, 5.74) is 2.15. The molecule has 0 aliphatic heterocycles. The largest absolute Gasteiger partial charge is 0.305 e. The van der Waals surface area contributed by atoms with E-state index in [9.17, 15) is 4.79 Å². The van der Waals surface area contributed by atoms with Gasteiger partial charge >= 0.3 is 0 Å². The summed E-state index contributed by atoms with van der Waals surface area (Å²) in [7, 11) is 2.08. The summed E-state index contributed by atoms with van der Waals surface area (Å²) in [6.45, 7) is 3.77. The van der Waals surface area contributed by atoms with Crippen molar-refractivity contribution in [3.63, 3.8) is 0 Å². The third-order valence-electron chi connectivity index (χ3n) is 3.72. The molecule has 21 heavy (non-hydrogen) atoms. The molecule has 0 aromatic heterocycles. The fourth-order valence-electron chi connectivity index (χ4n) is 2.49. The second-order valence-corrected chi connectivity index (χ2v) is 5.63. The molecule has 1 atom stereocenters. The van der Waals surface area contributed by atoms with Gasteiger partial charge in [0.1, 0.15) is 0 Å². The second-order valence-electron chi connectivity index (χ2n) is 5.63. The standard InChI is InChI=1S/C19H23NO/c1-16(19(21)18-11-7-4-8-12-18)15-20(2)14-13-17-9-5-3-6-10-17/h3-12,16H,13-15H2,1-2H3/t16-/m0/s1. The number of Topliss-reactive ketones (excluding diaryl/α,β-unsaturated/α-hetero) is 1. The van der Waals surface area contributed by atoms with Gasteiger partial charge in [-0.15, -0.1) is 0 Å². The first-order chi connectivity index (χ1) is 10.2. The van der Waals surface area contributed by atoms with Gasteiger partial charge in [-0.3, -0.25) is 4.79 Å². The highest BCUT2D eigenvalue weighted by molar-refractivity contribution is 5.97. The smallest absolute Gasteiger partial charge is 0.166 e. The maximum Gasteiger partial charge on any atom is 0.166 e. The minimum absolute atomic E-state index is 0.0215. The Kier molecular flexibility index (Phi) is 5.70. The predicted octanol–water partition coefficient (Wildman–Crippen LogP) is 3.68. The highest BCUT2D eigenvalue weighted by Crippen LogP contribution is 2.10. The average molecular weight is 281 g/mol. The van der Waals surface area contributed by atoms with Gasteiger partial charge in [-0.1, -0.05) is 67.6 Å². The third kappa shape index (κ3) is 4.83. The Hall–Kier alpha value is -1.93. The molecule has 0 heterocycles. The van der Waals surface area contributed by atoms with Crippen LogP contribution in [0.5, 0.6) is 0 Å². The van der Waals surface area contributed by atoms with Crippen LogP contribution in [0.3, 0.4) is 0 Å². The zero-order chi connectivity index (χ0) is 15.1. The van der Waals surface area contributed by atoms with Gasteiger partial charge in [-0.2, -0.15) is 0 Å². The molecule has 0 fully saturated rings. The number of nitrogens with zero attached hydrogens (tertiary/aromatic N) is 1. The highest BCUT2D eigenvalue weighted by Gasteiger charge is 2.16.